The number of likely N-dealkylation sites (tertiary alicyclic amines) is 1. The Morgan fingerprint density at radius 3 is 2.11 bits per heavy atom. The molecule has 202 valence electrons. The van der Waals surface area contributed by atoms with Crippen molar-refractivity contribution in [3.05, 3.63) is 30.1 Å². The molecule has 2 saturated carbocycles. The number of para-hydroxylation sites is 2. The second kappa shape index (κ2) is 11.4. The van der Waals surface area contributed by atoms with Crippen LogP contribution in [-0.4, -0.2) is 50.7 Å². The number of imidazole rings is 1. The first-order chi connectivity index (χ1) is 18.1. The van der Waals surface area contributed by atoms with E-state index in [2.05, 4.69) is 39.0 Å². The van der Waals surface area contributed by atoms with Gasteiger partial charge in [0.15, 0.2) is 0 Å². The van der Waals surface area contributed by atoms with Crippen LogP contribution >= 0.6 is 0 Å². The number of fused-ring (bicyclic) bond motifs is 5. The zero-order valence-electron chi connectivity index (χ0n) is 22.5. The molecule has 0 amide bonds. The summed E-state index contributed by atoms with van der Waals surface area (Å²) in [5.41, 5.74) is 2.34. The van der Waals surface area contributed by atoms with E-state index in [0.717, 1.165) is 55.7 Å². The summed E-state index contributed by atoms with van der Waals surface area (Å²) in [6, 6.07) is 10.3. The van der Waals surface area contributed by atoms with Crippen molar-refractivity contribution in [2.45, 2.75) is 115 Å². The molecule has 6 nitrogen and oxygen atoms in total. The Hall–Kier alpha value is -1.92. The Labute approximate surface area is 222 Å². The third-order valence-electron chi connectivity index (χ3n) is 10.1. The van der Waals surface area contributed by atoms with Gasteiger partial charge in [-0.15, -0.1) is 0 Å². The summed E-state index contributed by atoms with van der Waals surface area (Å²) in [4.78, 5) is 18.7. The first-order valence-electron chi connectivity index (χ1n) is 15.3. The summed E-state index contributed by atoms with van der Waals surface area (Å²) in [6.45, 7) is 2.51. The van der Waals surface area contributed by atoms with Crippen LogP contribution in [0.5, 0.6) is 0 Å². The largest absolute Gasteiger partial charge is 0.481 e. The van der Waals surface area contributed by atoms with Crippen LogP contribution < -0.4 is 5.32 Å². The smallest absolute Gasteiger partial charge is 0.306 e. The zero-order valence-corrected chi connectivity index (χ0v) is 22.5. The molecule has 1 aromatic carbocycles. The first kappa shape index (κ1) is 25.4. The highest BCUT2D eigenvalue weighted by Crippen LogP contribution is 2.39. The summed E-state index contributed by atoms with van der Waals surface area (Å²) in [5.74, 6) is 2.63. The van der Waals surface area contributed by atoms with Gasteiger partial charge in [-0.05, 0) is 82.0 Å². The van der Waals surface area contributed by atoms with Crippen molar-refractivity contribution in [3.8, 4) is 0 Å². The molecule has 5 fully saturated rings. The lowest BCUT2D eigenvalue weighted by molar-refractivity contribution is -0.143. The van der Waals surface area contributed by atoms with Crippen LogP contribution in [0.15, 0.2) is 24.3 Å². The number of carbonyl (C=O) groups is 1. The van der Waals surface area contributed by atoms with Crippen molar-refractivity contribution in [3.63, 3.8) is 0 Å². The van der Waals surface area contributed by atoms with Gasteiger partial charge in [-0.1, -0.05) is 57.1 Å². The van der Waals surface area contributed by atoms with E-state index in [0.29, 0.717) is 18.1 Å². The van der Waals surface area contributed by atoms with Crippen molar-refractivity contribution >= 4 is 17.0 Å². The number of benzene rings is 1. The molecule has 6 heteroatoms. The molecule has 3 saturated heterocycles. The highest BCUT2D eigenvalue weighted by Gasteiger charge is 2.34. The predicted molar refractivity (Wildman–Crippen MR) is 148 cm³/mol. The van der Waals surface area contributed by atoms with Crippen molar-refractivity contribution in [2.75, 3.05) is 13.1 Å². The number of piperidine rings is 3. The van der Waals surface area contributed by atoms with Crippen LogP contribution in [0.1, 0.15) is 102 Å². The monoisotopic (exact) mass is 506 g/mol. The van der Waals surface area contributed by atoms with Gasteiger partial charge >= 0.3 is 5.97 Å². The maximum absolute atomic E-state index is 11.3. The summed E-state index contributed by atoms with van der Waals surface area (Å²) in [5, 5.41) is 13.1. The van der Waals surface area contributed by atoms with Gasteiger partial charge in [-0.3, -0.25) is 9.69 Å². The Kier molecular flexibility index (Phi) is 7.85. The molecule has 7 rings (SSSR count). The van der Waals surface area contributed by atoms with E-state index < -0.39 is 5.97 Å². The molecule has 2 aromatic rings. The maximum Gasteiger partial charge on any atom is 0.306 e. The summed E-state index contributed by atoms with van der Waals surface area (Å²) < 4.78 is 2.52. The molecule has 3 aliphatic heterocycles. The average Bonchev–Trinajstić information content (AvgIpc) is 3.27. The molecule has 2 unspecified atom stereocenters. The second-order valence-corrected chi connectivity index (χ2v) is 12.7. The predicted octanol–water partition coefficient (Wildman–Crippen LogP) is 6.16. The fourth-order valence-corrected chi connectivity index (χ4v) is 8.22. The van der Waals surface area contributed by atoms with Gasteiger partial charge in [0.2, 0.25) is 0 Å². The highest BCUT2D eigenvalue weighted by atomic mass is 16.4. The van der Waals surface area contributed by atoms with E-state index in [1.165, 1.54) is 50.5 Å². The number of hydrogen-bond donors (Lipinski definition) is 2. The topological polar surface area (TPSA) is 70.4 Å². The molecule has 5 aliphatic rings. The average molecular weight is 507 g/mol. The number of carboxylic acids is 1. The SMILES string of the molecule is C1CC2CCCC(C1)C2.O=C(O)C1CCN(Cc2nc3ccccc3n2C2CC3CCCC(C2)N3)CC1. The van der Waals surface area contributed by atoms with E-state index >= 15 is 0 Å². The van der Waals surface area contributed by atoms with Gasteiger partial charge in [0, 0.05) is 18.1 Å². The lowest BCUT2D eigenvalue weighted by Crippen LogP contribution is -2.49. The molecular formula is C31H46N4O2. The Morgan fingerprint density at radius 1 is 0.865 bits per heavy atom. The third-order valence-corrected chi connectivity index (χ3v) is 10.1. The van der Waals surface area contributed by atoms with Crippen LogP contribution in [0.25, 0.3) is 11.0 Å². The van der Waals surface area contributed by atoms with Gasteiger partial charge in [-0.25, -0.2) is 4.98 Å². The van der Waals surface area contributed by atoms with Gasteiger partial charge in [0.05, 0.1) is 23.5 Å². The van der Waals surface area contributed by atoms with Crippen molar-refractivity contribution in [1.82, 2.24) is 19.8 Å². The summed E-state index contributed by atoms with van der Waals surface area (Å²) in [7, 11) is 0. The molecule has 2 N–H and O–H groups in total. The summed E-state index contributed by atoms with van der Waals surface area (Å²) in [6.07, 6.45) is 18.7. The number of nitrogens with one attached hydrogen (secondary N) is 1. The molecule has 4 heterocycles. The number of nitrogens with zero attached hydrogens (tertiary/aromatic N) is 3. The number of aliphatic carboxylic acids is 1. The molecule has 2 atom stereocenters. The van der Waals surface area contributed by atoms with Gasteiger partial charge in [0.1, 0.15) is 5.82 Å². The van der Waals surface area contributed by atoms with Crippen LogP contribution in [0, 0.1) is 17.8 Å². The van der Waals surface area contributed by atoms with E-state index in [-0.39, 0.29) is 5.92 Å². The molecular weight excluding hydrogens is 460 g/mol. The van der Waals surface area contributed by atoms with Crippen molar-refractivity contribution in [1.29, 1.82) is 0 Å². The van der Waals surface area contributed by atoms with E-state index in [1.807, 2.05) is 0 Å². The number of carboxylic acid groups (broad SMARTS) is 1. The number of rotatable bonds is 4. The number of aromatic nitrogens is 2. The molecule has 1 aromatic heterocycles. The van der Waals surface area contributed by atoms with Crippen LogP contribution in [0.4, 0.5) is 0 Å². The van der Waals surface area contributed by atoms with Gasteiger partial charge in [-0.2, -0.15) is 0 Å². The Morgan fingerprint density at radius 2 is 1.49 bits per heavy atom. The van der Waals surface area contributed by atoms with Crippen LogP contribution in [0.2, 0.25) is 0 Å². The van der Waals surface area contributed by atoms with Crippen LogP contribution in [0.3, 0.4) is 0 Å². The van der Waals surface area contributed by atoms with E-state index in [9.17, 15) is 9.90 Å². The van der Waals surface area contributed by atoms with E-state index in [4.69, 9.17) is 4.98 Å². The van der Waals surface area contributed by atoms with Crippen molar-refractivity contribution in [2.24, 2.45) is 17.8 Å². The molecule has 37 heavy (non-hydrogen) atoms. The van der Waals surface area contributed by atoms with Gasteiger partial charge in [0.25, 0.3) is 0 Å². The summed E-state index contributed by atoms with van der Waals surface area (Å²) >= 11 is 0. The Balaban J connectivity index is 0.000000235. The molecule has 2 aliphatic carbocycles. The minimum Gasteiger partial charge on any atom is -0.481 e. The minimum absolute atomic E-state index is 0.182. The van der Waals surface area contributed by atoms with Crippen LogP contribution in [-0.2, 0) is 11.3 Å². The quantitative estimate of drug-likeness (QED) is 0.520. The third kappa shape index (κ3) is 5.90. The Bertz CT molecular complexity index is 1030. The molecule has 0 spiro atoms. The maximum atomic E-state index is 11.3. The minimum atomic E-state index is -0.645. The zero-order chi connectivity index (χ0) is 25.2. The lowest BCUT2D eigenvalue weighted by Gasteiger charge is -2.41. The lowest BCUT2D eigenvalue weighted by atomic mass is 9.72. The van der Waals surface area contributed by atoms with Crippen molar-refractivity contribution < 1.29 is 9.90 Å². The fourth-order valence-electron chi connectivity index (χ4n) is 8.22. The first-order valence-corrected chi connectivity index (χ1v) is 15.3. The second-order valence-electron chi connectivity index (χ2n) is 12.7. The number of hydrogen-bond acceptors (Lipinski definition) is 4. The normalized spacial score (nSPS) is 32.5. The van der Waals surface area contributed by atoms with E-state index in [1.54, 1.807) is 32.1 Å². The standard InChI is InChI=1S/C22H30N4O2.C9H16/c27-22(28)15-8-10-25(11-9-15)14-21-24-19-6-1-2-7-20(19)26(21)18-12-16-4-3-5-17(13-18)23-16;1-3-8-5-2-6-9(4-1)7-8/h1-2,6-7,15-18,23H,3-5,8-14H2,(H,27,28);8-9H,1-7H2. The fraction of sp³-hybridized carbons (Fsp3) is 0.742. The molecule has 0 radical (unpaired) electrons. The molecule has 4 bridgehead atoms. The highest BCUT2D eigenvalue weighted by molar-refractivity contribution is 5.76. The van der Waals surface area contributed by atoms with Gasteiger partial charge < -0.3 is 15.0 Å².